The number of hydrogen-bond acceptors (Lipinski definition) is 6. The molecule has 5 rings (SSSR count). The van der Waals surface area contributed by atoms with E-state index in [9.17, 15) is 4.79 Å². The third-order valence-electron chi connectivity index (χ3n) is 6.37. The predicted molar refractivity (Wildman–Crippen MR) is 137 cm³/mol. The van der Waals surface area contributed by atoms with Crippen molar-refractivity contribution in [2.45, 2.75) is 57.9 Å². The van der Waals surface area contributed by atoms with Crippen LogP contribution < -0.4 is 5.32 Å². The van der Waals surface area contributed by atoms with Crippen LogP contribution >= 0.6 is 0 Å². The van der Waals surface area contributed by atoms with Gasteiger partial charge in [0.15, 0.2) is 5.82 Å². The summed E-state index contributed by atoms with van der Waals surface area (Å²) in [5.41, 5.74) is 5.14. The Bertz CT molecular complexity index is 1310. The van der Waals surface area contributed by atoms with Crippen LogP contribution in [0, 0.1) is 0 Å². The van der Waals surface area contributed by atoms with E-state index in [0.717, 1.165) is 36.0 Å². The lowest BCUT2D eigenvalue weighted by Gasteiger charge is -2.09. The number of carbonyl (C=O) groups excluding carboxylic acids is 1. The average molecular weight is 468 g/mol. The number of allylic oxidation sites excluding steroid dienone is 2. The topological polar surface area (TPSA) is 98.0 Å². The van der Waals surface area contributed by atoms with Crippen molar-refractivity contribution >= 4 is 23.5 Å². The molecule has 8 nitrogen and oxygen atoms in total. The third-order valence-corrected chi connectivity index (χ3v) is 6.37. The fourth-order valence-electron chi connectivity index (χ4n) is 4.09. The average Bonchev–Trinajstić information content (AvgIpc) is 3.82. The summed E-state index contributed by atoms with van der Waals surface area (Å²) >= 11 is 0. The number of rotatable bonds is 9. The number of aliphatic imine (C=N–C) groups is 1. The zero-order valence-electron chi connectivity index (χ0n) is 20.1. The molecule has 0 atom stereocenters. The highest BCUT2D eigenvalue weighted by Gasteiger charge is 2.27. The summed E-state index contributed by atoms with van der Waals surface area (Å²) in [6, 6.07) is 10.1. The standard InChI is InChI=1S/C27H29N7O/c1-4-22(20-10-13-23(29-15-20)19-8-9-19)17(2)14-28-18(3)27(35)32-25-7-5-6-24(31-25)26-33-30-16-34(26)21-11-12-21/h5-7,10,13-16,19,21H,3-4,8-9,11-12H2,1-2H3,(H,31,32,35)/b22-17+,28-14-. The molecule has 0 aliphatic heterocycles. The largest absolute Gasteiger partial charge is 0.309 e. The molecule has 1 amide bonds. The molecule has 3 aromatic rings. The summed E-state index contributed by atoms with van der Waals surface area (Å²) in [7, 11) is 0. The van der Waals surface area contributed by atoms with E-state index in [0.29, 0.717) is 29.3 Å². The van der Waals surface area contributed by atoms with E-state index in [-0.39, 0.29) is 5.70 Å². The fourth-order valence-corrected chi connectivity index (χ4v) is 4.09. The van der Waals surface area contributed by atoms with Crippen LogP contribution in [-0.2, 0) is 4.79 Å². The highest BCUT2D eigenvalue weighted by molar-refractivity contribution is 6.04. The van der Waals surface area contributed by atoms with Gasteiger partial charge in [-0.2, -0.15) is 0 Å². The van der Waals surface area contributed by atoms with Gasteiger partial charge >= 0.3 is 0 Å². The summed E-state index contributed by atoms with van der Waals surface area (Å²) < 4.78 is 2.03. The molecule has 2 fully saturated rings. The Balaban J connectivity index is 1.26. The first-order valence-electron chi connectivity index (χ1n) is 12.1. The van der Waals surface area contributed by atoms with Crippen LogP contribution in [0.2, 0.25) is 0 Å². The number of nitrogens with zero attached hydrogens (tertiary/aromatic N) is 6. The number of hydrogen-bond donors (Lipinski definition) is 1. The minimum atomic E-state index is -0.407. The van der Waals surface area contributed by atoms with Gasteiger partial charge in [-0.3, -0.25) is 14.8 Å². The SMILES string of the molecule is C=C(/N=C\C(C)=C(/CC)c1ccc(C2CC2)nc1)C(=O)Nc1cccc(-c2nncn2C2CC2)n1. The summed E-state index contributed by atoms with van der Waals surface area (Å²) in [5, 5.41) is 11.0. The Hall–Kier alpha value is -3.94. The zero-order valence-corrected chi connectivity index (χ0v) is 20.1. The molecule has 3 heterocycles. The van der Waals surface area contributed by atoms with Gasteiger partial charge in [0.25, 0.3) is 5.91 Å². The van der Waals surface area contributed by atoms with Crippen molar-refractivity contribution in [1.29, 1.82) is 0 Å². The monoisotopic (exact) mass is 467 g/mol. The van der Waals surface area contributed by atoms with Crippen molar-refractivity contribution in [2.24, 2.45) is 4.99 Å². The van der Waals surface area contributed by atoms with Crippen LogP contribution in [0.4, 0.5) is 5.82 Å². The molecule has 0 aromatic carbocycles. The molecule has 0 unspecified atom stereocenters. The summed E-state index contributed by atoms with van der Waals surface area (Å²) in [6.45, 7) is 7.93. The molecule has 3 aromatic heterocycles. The lowest BCUT2D eigenvalue weighted by atomic mass is 10.00. The molecule has 0 bridgehead atoms. The second-order valence-electron chi connectivity index (χ2n) is 9.12. The Labute approximate surface area is 205 Å². The van der Waals surface area contributed by atoms with Gasteiger partial charge in [0.05, 0.1) is 0 Å². The Morgan fingerprint density at radius 2 is 2.06 bits per heavy atom. The predicted octanol–water partition coefficient (Wildman–Crippen LogP) is 5.35. The van der Waals surface area contributed by atoms with Crippen LogP contribution in [0.15, 0.2) is 65.7 Å². The zero-order chi connectivity index (χ0) is 24.4. The molecule has 35 heavy (non-hydrogen) atoms. The van der Waals surface area contributed by atoms with Crippen molar-refractivity contribution in [3.8, 4) is 11.5 Å². The molecule has 2 saturated carbocycles. The molecule has 2 aliphatic carbocycles. The van der Waals surface area contributed by atoms with E-state index in [4.69, 9.17) is 0 Å². The van der Waals surface area contributed by atoms with E-state index < -0.39 is 5.91 Å². The minimum absolute atomic E-state index is 0.107. The third kappa shape index (κ3) is 5.26. The Morgan fingerprint density at radius 1 is 1.23 bits per heavy atom. The lowest BCUT2D eigenvalue weighted by Crippen LogP contribution is -2.14. The molecule has 0 saturated heterocycles. The van der Waals surface area contributed by atoms with Crippen LogP contribution in [0.1, 0.15) is 69.2 Å². The number of anilines is 1. The molecule has 2 aliphatic rings. The van der Waals surface area contributed by atoms with Gasteiger partial charge < -0.3 is 9.88 Å². The van der Waals surface area contributed by atoms with Crippen LogP contribution in [-0.4, -0.2) is 36.9 Å². The van der Waals surface area contributed by atoms with Gasteiger partial charge in [-0.05, 0) is 73.9 Å². The van der Waals surface area contributed by atoms with Crippen LogP contribution in [0.3, 0.4) is 0 Å². The first kappa shape index (κ1) is 22.8. The van der Waals surface area contributed by atoms with Crippen LogP contribution in [0.5, 0.6) is 0 Å². The number of aromatic nitrogens is 5. The highest BCUT2D eigenvalue weighted by atomic mass is 16.2. The fraction of sp³-hybridized carbons (Fsp3) is 0.333. The summed E-state index contributed by atoms with van der Waals surface area (Å²) in [6.07, 6.45) is 10.9. The maximum absolute atomic E-state index is 12.7. The molecule has 0 spiro atoms. The van der Waals surface area contributed by atoms with Gasteiger partial charge in [-0.15, -0.1) is 10.2 Å². The van der Waals surface area contributed by atoms with Crippen molar-refractivity contribution in [1.82, 2.24) is 24.7 Å². The normalized spacial score (nSPS) is 16.3. The van der Waals surface area contributed by atoms with E-state index in [1.807, 2.05) is 29.8 Å². The molecular weight excluding hydrogens is 438 g/mol. The molecule has 178 valence electrons. The molecule has 1 N–H and O–H groups in total. The van der Waals surface area contributed by atoms with Gasteiger partial charge in [0.1, 0.15) is 23.5 Å². The lowest BCUT2D eigenvalue weighted by molar-refractivity contribution is -0.112. The quantitative estimate of drug-likeness (QED) is 0.338. The van der Waals surface area contributed by atoms with E-state index in [1.165, 1.54) is 18.5 Å². The van der Waals surface area contributed by atoms with E-state index >= 15 is 0 Å². The second kappa shape index (κ2) is 9.74. The summed E-state index contributed by atoms with van der Waals surface area (Å²) in [4.78, 5) is 26.2. The second-order valence-corrected chi connectivity index (χ2v) is 9.12. The van der Waals surface area contributed by atoms with Crippen molar-refractivity contribution in [3.63, 3.8) is 0 Å². The first-order chi connectivity index (χ1) is 17.0. The number of carbonyl (C=O) groups is 1. The van der Waals surface area contributed by atoms with Crippen molar-refractivity contribution in [3.05, 3.63) is 72.0 Å². The van der Waals surface area contributed by atoms with Gasteiger partial charge in [-0.25, -0.2) is 4.98 Å². The van der Waals surface area contributed by atoms with E-state index in [2.05, 4.69) is 56.1 Å². The number of nitrogens with one attached hydrogen (secondary N) is 1. The Kier molecular flexibility index (Phi) is 6.35. The minimum Gasteiger partial charge on any atom is -0.309 e. The first-order valence-corrected chi connectivity index (χ1v) is 12.1. The molecular formula is C27H29N7O. The van der Waals surface area contributed by atoms with Crippen LogP contribution in [0.25, 0.3) is 17.1 Å². The van der Waals surface area contributed by atoms with Crippen molar-refractivity contribution in [2.75, 3.05) is 5.32 Å². The number of pyridine rings is 2. The maximum Gasteiger partial charge on any atom is 0.274 e. The van der Waals surface area contributed by atoms with Crippen molar-refractivity contribution < 1.29 is 4.79 Å². The maximum atomic E-state index is 12.7. The smallest absolute Gasteiger partial charge is 0.274 e. The van der Waals surface area contributed by atoms with E-state index in [1.54, 1.807) is 18.6 Å². The molecule has 0 radical (unpaired) electrons. The van der Waals surface area contributed by atoms with Gasteiger partial charge in [0.2, 0.25) is 0 Å². The number of amides is 1. The Morgan fingerprint density at radius 3 is 2.74 bits per heavy atom. The van der Waals surface area contributed by atoms with Gasteiger partial charge in [-0.1, -0.05) is 25.6 Å². The van der Waals surface area contributed by atoms with Gasteiger partial charge in [0, 0.05) is 30.1 Å². The highest BCUT2D eigenvalue weighted by Crippen LogP contribution is 2.39. The summed E-state index contributed by atoms with van der Waals surface area (Å²) in [5.74, 6) is 1.34. The molecule has 8 heteroatoms.